The van der Waals surface area contributed by atoms with E-state index in [0.29, 0.717) is 29.4 Å². The van der Waals surface area contributed by atoms with Crippen molar-refractivity contribution in [3.8, 4) is 11.5 Å². The van der Waals surface area contributed by atoms with Crippen LogP contribution in [0.2, 0.25) is 0 Å². The van der Waals surface area contributed by atoms with Crippen molar-refractivity contribution in [3.05, 3.63) is 63.2 Å². The van der Waals surface area contributed by atoms with Crippen LogP contribution in [-0.2, 0) is 9.59 Å². The highest BCUT2D eigenvalue weighted by Gasteiger charge is 2.12. The standard InChI is InChI=1S/C22H24IN3O4/c1-5-8-30-22-17(23)10-16(11-19(22)29-4)13-24-26-21(28)12-20(27)25-18-7-6-14(2)9-15(18)3/h5-7,9-11,13H,1,8,12H2,2-4H3,(H,25,27)(H,26,28). The van der Waals surface area contributed by atoms with Crippen LogP contribution in [0.1, 0.15) is 23.1 Å². The number of nitrogens with one attached hydrogen (secondary N) is 2. The first-order valence-electron chi connectivity index (χ1n) is 9.14. The maximum atomic E-state index is 12.1. The van der Waals surface area contributed by atoms with Gasteiger partial charge in [0.2, 0.25) is 11.8 Å². The van der Waals surface area contributed by atoms with Gasteiger partial charge >= 0.3 is 0 Å². The van der Waals surface area contributed by atoms with Gasteiger partial charge in [-0.3, -0.25) is 9.59 Å². The average molecular weight is 521 g/mol. The van der Waals surface area contributed by atoms with Crippen molar-refractivity contribution in [1.82, 2.24) is 5.43 Å². The zero-order valence-corrected chi connectivity index (χ0v) is 19.3. The molecule has 0 radical (unpaired) electrons. The highest BCUT2D eigenvalue weighted by atomic mass is 127. The van der Waals surface area contributed by atoms with Gasteiger partial charge in [-0.2, -0.15) is 5.10 Å². The number of hydrogen-bond acceptors (Lipinski definition) is 5. The van der Waals surface area contributed by atoms with Gasteiger partial charge in [0.05, 0.1) is 16.9 Å². The van der Waals surface area contributed by atoms with E-state index in [-0.39, 0.29) is 6.42 Å². The van der Waals surface area contributed by atoms with Crippen LogP contribution < -0.4 is 20.2 Å². The van der Waals surface area contributed by atoms with E-state index in [1.165, 1.54) is 6.21 Å². The molecule has 7 nitrogen and oxygen atoms in total. The summed E-state index contributed by atoms with van der Waals surface area (Å²) in [6.07, 6.45) is 2.79. The lowest BCUT2D eigenvalue weighted by Gasteiger charge is -2.12. The highest BCUT2D eigenvalue weighted by molar-refractivity contribution is 14.1. The molecule has 2 rings (SSSR count). The first kappa shape index (κ1) is 23.4. The molecule has 0 atom stereocenters. The number of ether oxygens (including phenoxy) is 2. The van der Waals surface area contributed by atoms with E-state index < -0.39 is 11.8 Å². The molecule has 2 amide bonds. The first-order valence-corrected chi connectivity index (χ1v) is 10.2. The van der Waals surface area contributed by atoms with Crippen LogP contribution >= 0.6 is 22.6 Å². The number of benzene rings is 2. The van der Waals surface area contributed by atoms with Crippen molar-refractivity contribution < 1.29 is 19.1 Å². The number of carbonyl (C=O) groups is 2. The summed E-state index contributed by atoms with van der Waals surface area (Å²) in [4.78, 5) is 24.1. The van der Waals surface area contributed by atoms with Crippen LogP contribution in [0, 0.1) is 17.4 Å². The van der Waals surface area contributed by atoms with Gasteiger partial charge in [0.1, 0.15) is 13.0 Å². The van der Waals surface area contributed by atoms with Crippen molar-refractivity contribution >= 4 is 46.3 Å². The van der Waals surface area contributed by atoms with E-state index in [1.807, 2.05) is 38.1 Å². The molecule has 2 N–H and O–H groups in total. The molecule has 0 aliphatic heterocycles. The van der Waals surface area contributed by atoms with Crippen molar-refractivity contribution in [2.45, 2.75) is 20.3 Å². The normalized spacial score (nSPS) is 10.5. The molecule has 158 valence electrons. The van der Waals surface area contributed by atoms with Gasteiger partial charge in [-0.1, -0.05) is 30.4 Å². The second-order valence-corrected chi connectivity index (χ2v) is 7.63. The summed E-state index contributed by atoms with van der Waals surface area (Å²) in [6.45, 7) is 7.86. The van der Waals surface area contributed by atoms with E-state index in [2.05, 4.69) is 45.0 Å². The molecule has 2 aromatic rings. The molecule has 8 heteroatoms. The number of amides is 2. The Kier molecular flexibility index (Phi) is 8.85. The van der Waals surface area contributed by atoms with E-state index >= 15 is 0 Å². The predicted molar refractivity (Wildman–Crippen MR) is 126 cm³/mol. The average Bonchev–Trinajstić information content (AvgIpc) is 2.69. The van der Waals surface area contributed by atoms with Gasteiger partial charge in [0, 0.05) is 5.69 Å². The zero-order valence-electron chi connectivity index (χ0n) is 17.1. The van der Waals surface area contributed by atoms with Crippen molar-refractivity contribution in [2.75, 3.05) is 19.0 Å². The van der Waals surface area contributed by atoms with Gasteiger partial charge in [-0.05, 0) is 65.8 Å². The molecule has 0 spiro atoms. The van der Waals surface area contributed by atoms with Crippen LogP contribution in [0.5, 0.6) is 11.5 Å². The van der Waals surface area contributed by atoms with Crippen LogP contribution in [-0.4, -0.2) is 31.7 Å². The Morgan fingerprint density at radius 3 is 2.63 bits per heavy atom. The first-order chi connectivity index (χ1) is 14.3. The van der Waals surface area contributed by atoms with Gasteiger partial charge in [-0.25, -0.2) is 5.43 Å². The number of aryl methyl sites for hydroxylation is 2. The van der Waals surface area contributed by atoms with Crippen LogP contribution in [0.4, 0.5) is 5.69 Å². The SMILES string of the molecule is C=CCOc1c(I)cc(C=NNC(=O)CC(=O)Nc2ccc(C)cc2C)cc1OC. The molecule has 0 heterocycles. The van der Waals surface area contributed by atoms with E-state index in [9.17, 15) is 9.59 Å². The lowest BCUT2D eigenvalue weighted by molar-refractivity contribution is -0.126. The number of halogens is 1. The fraction of sp³-hybridized carbons (Fsp3) is 0.227. The Morgan fingerprint density at radius 2 is 1.97 bits per heavy atom. The molecule has 2 aromatic carbocycles. The number of nitrogens with zero attached hydrogens (tertiary/aromatic N) is 1. The molecule has 0 aromatic heterocycles. The molecule has 30 heavy (non-hydrogen) atoms. The third kappa shape index (κ3) is 6.87. The lowest BCUT2D eigenvalue weighted by atomic mass is 10.1. The Balaban J connectivity index is 1.94. The number of methoxy groups -OCH3 is 1. The Bertz CT molecular complexity index is 973. The Labute approximate surface area is 189 Å². The molecule has 0 saturated heterocycles. The minimum Gasteiger partial charge on any atom is -0.493 e. The quantitative estimate of drug-likeness (QED) is 0.172. The van der Waals surface area contributed by atoms with E-state index in [0.717, 1.165) is 14.7 Å². The maximum absolute atomic E-state index is 12.1. The smallest absolute Gasteiger partial charge is 0.249 e. The fourth-order valence-electron chi connectivity index (χ4n) is 2.61. The number of carbonyl (C=O) groups excluding carboxylic acids is 2. The van der Waals surface area contributed by atoms with Gasteiger partial charge < -0.3 is 14.8 Å². The molecule has 0 saturated carbocycles. The largest absolute Gasteiger partial charge is 0.493 e. The highest BCUT2D eigenvalue weighted by Crippen LogP contribution is 2.33. The minimum absolute atomic E-state index is 0.333. The van der Waals surface area contributed by atoms with Gasteiger partial charge in [0.25, 0.3) is 0 Å². The van der Waals surface area contributed by atoms with Crippen LogP contribution in [0.15, 0.2) is 48.1 Å². The molecule has 0 fully saturated rings. The van der Waals surface area contributed by atoms with E-state index in [4.69, 9.17) is 9.47 Å². The monoisotopic (exact) mass is 521 g/mol. The van der Waals surface area contributed by atoms with Crippen LogP contribution in [0.3, 0.4) is 0 Å². The molecular weight excluding hydrogens is 497 g/mol. The topological polar surface area (TPSA) is 89.0 Å². The number of hydrazone groups is 1. The predicted octanol–water partition coefficient (Wildman–Crippen LogP) is 3.96. The minimum atomic E-state index is -0.513. The van der Waals surface area contributed by atoms with Gasteiger partial charge in [-0.15, -0.1) is 0 Å². The van der Waals surface area contributed by atoms with Crippen molar-refractivity contribution in [2.24, 2.45) is 5.10 Å². The maximum Gasteiger partial charge on any atom is 0.249 e. The van der Waals surface area contributed by atoms with Gasteiger partial charge in [0.15, 0.2) is 11.5 Å². The summed E-state index contributed by atoms with van der Waals surface area (Å²) in [6, 6.07) is 9.25. The third-order valence-corrected chi connectivity index (χ3v) is 4.78. The van der Waals surface area contributed by atoms with Crippen molar-refractivity contribution in [1.29, 1.82) is 0 Å². The summed E-state index contributed by atoms with van der Waals surface area (Å²) in [5.74, 6) is 0.238. The van der Waals surface area contributed by atoms with E-state index in [1.54, 1.807) is 19.3 Å². The van der Waals surface area contributed by atoms with Crippen molar-refractivity contribution in [3.63, 3.8) is 0 Å². The Morgan fingerprint density at radius 1 is 1.20 bits per heavy atom. The molecule has 0 unspecified atom stereocenters. The number of rotatable bonds is 9. The number of anilines is 1. The third-order valence-electron chi connectivity index (χ3n) is 3.98. The number of hydrogen-bond donors (Lipinski definition) is 2. The second kappa shape index (κ2) is 11.3. The summed E-state index contributed by atoms with van der Waals surface area (Å²) < 4.78 is 11.8. The molecule has 0 aliphatic rings. The van der Waals surface area contributed by atoms with Crippen LogP contribution in [0.25, 0.3) is 0 Å². The fourth-order valence-corrected chi connectivity index (χ4v) is 3.39. The lowest BCUT2D eigenvalue weighted by Crippen LogP contribution is -2.24. The second-order valence-electron chi connectivity index (χ2n) is 6.47. The zero-order chi connectivity index (χ0) is 22.1. The molecule has 0 aliphatic carbocycles. The Hall–Kier alpha value is -2.88. The summed E-state index contributed by atoms with van der Waals surface area (Å²) in [5, 5.41) is 6.65. The summed E-state index contributed by atoms with van der Waals surface area (Å²) in [7, 11) is 1.54. The molecular formula is C22H24IN3O4. The summed E-state index contributed by atoms with van der Waals surface area (Å²) in [5.41, 5.74) is 5.79. The summed E-state index contributed by atoms with van der Waals surface area (Å²) >= 11 is 2.13. The molecule has 0 bridgehead atoms.